The summed E-state index contributed by atoms with van der Waals surface area (Å²) in [5.74, 6) is -1.00. The van der Waals surface area contributed by atoms with E-state index in [0.29, 0.717) is 17.9 Å². The van der Waals surface area contributed by atoms with Gasteiger partial charge in [-0.15, -0.1) is 0 Å². The fourth-order valence-corrected chi connectivity index (χ4v) is 1.64. The molecule has 0 saturated heterocycles. The highest BCUT2D eigenvalue weighted by atomic mass is 19.1. The van der Waals surface area contributed by atoms with Crippen LogP contribution in [0.1, 0.15) is 12.5 Å². The monoisotopic (exact) mass is 292 g/mol. The highest BCUT2D eigenvalue weighted by Gasteiger charge is 2.03. The van der Waals surface area contributed by atoms with Crippen LogP contribution in [0.5, 0.6) is 11.5 Å². The second kappa shape index (κ2) is 6.69. The molecule has 21 heavy (non-hydrogen) atoms. The Morgan fingerprint density at radius 3 is 2.76 bits per heavy atom. The molecule has 2 aromatic rings. The van der Waals surface area contributed by atoms with E-state index < -0.39 is 11.6 Å². The third-order valence-electron chi connectivity index (χ3n) is 2.61. The van der Waals surface area contributed by atoms with Gasteiger partial charge in [-0.05, 0) is 42.8 Å². The van der Waals surface area contributed by atoms with Crippen molar-refractivity contribution < 1.29 is 18.6 Å². The van der Waals surface area contributed by atoms with Gasteiger partial charge in [0.15, 0.2) is 17.3 Å². The van der Waals surface area contributed by atoms with Crippen LogP contribution in [0.4, 0.5) is 14.5 Å². The summed E-state index contributed by atoms with van der Waals surface area (Å²) in [5.41, 5.74) is 3.20. The Morgan fingerprint density at radius 1 is 1.24 bits per heavy atom. The third-order valence-corrected chi connectivity index (χ3v) is 2.61. The summed E-state index contributed by atoms with van der Waals surface area (Å²) in [4.78, 5) is 0. The molecule has 6 heteroatoms. The van der Waals surface area contributed by atoms with Gasteiger partial charge in [-0.3, -0.25) is 5.43 Å². The van der Waals surface area contributed by atoms with E-state index in [2.05, 4.69) is 10.5 Å². The first-order chi connectivity index (χ1) is 10.1. The largest absolute Gasteiger partial charge is 0.504 e. The molecule has 110 valence electrons. The zero-order chi connectivity index (χ0) is 15.2. The van der Waals surface area contributed by atoms with Crippen molar-refractivity contribution in [1.82, 2.24) is 0 Å². The number of ether oxygens (including phenoxy) is 1. The Hall–Kier alpha value is -2.63. The van der Waals surface area contributed by atoms with Crippen LogP contribution in [0.3, 0.4) is 0 Å². The van der Waals surface area contributed by atoms with Crippen LogP contribution in [0, 0.1) is 11.6 Å². The van der Waals surface area contributed by atoms with Gasteiger partial charge in [-0.25, -0.2) is 8.78 Å². The zero-order valence-corrected chi connectivity index (χ0v) is 11.3. The summed E-state index contributed by atoms with van der Waals surface area (Å²) in [6.45, 7) is 2.23. The number of phenolic OH excluding ortho intramolecular Hbond substituents is 1. The molecule has 0 aromatic heterocycles. The summed E-state index contributed by atoms with van der Waals surface area (Å²) < 4.78 is 31.4. The van der Waals surface area contributed by atoms with E-state index in [-0.39, 0.29) is 11.4 Å². The maximum atomic E-state index is 13.4. The summed E-state index contributed by atoms with van der Waals surface area (Å²) in [7, 11) is 0. The number of nitrogens with one attached hydrogen (secondary N) is 1. The number of hydrogen-bond acceptors (Lipinski definition) is 4. The molecule has 0 aliphatic carbocycles. The van der Waals surface area contributed by atoms with E-state index >= 15 is 0 Å². The second-order valence-electron chi connectivity index (χ2n) is 4.15. The van der Waals surface area contributed by atoms with Crippen molar-refractivity contribution in [2.45, 2.75) is 6.92 Å². The molecule has 2 N–H and O–H groups in total. The first kappa shape index (κ1) is 14.8. The molecule has 0 unspecified atom stereocenters. The SMILES string of the molecule is CCOc1cc(/C=N/Nc2ccc(F)cc2F)ccc1O. The normalized spacial score (nSPS) is 10.8. The predicted molar refractivity (Wildman–Crippen MR) is 76.9 cm³/mol. The number of anilines is 1. The molecule has 0 atom stereocenters. The van der Waals surface area contributed by atoms with Gasteiger partial charge in [-0.1, -0.05) is 0 Å². The van der Waals surface area contributed by atoms with Crippen molar-refractivity contribution in [3.05, 3.63) is 53.6 Å². The molecule has 2 aromatic carbocycles. The number of aromatic hydroxyl groups is 1. The maximum Gasteiger partial charge on any atom is 0.161 e. The van der Waals surface area contributed by atoms with Crippen LogP contribution >= 0.6 is 0 Å². The molecule has 2 rings (SSSR count). The molecule has 0 saturated carbocycles. The Bertz CT molecular complexity index is 660. The van der Waals surface area contributed by atoms with Crippen LogP contribution in [0.25, 0.3) is 0 Å². The third kappa shape index (κ3) is 3.92. The lowest BCUT2D eigenvalue weighted by molar-refractivity contribution is 0.318. The highest BCUT2D eigenvalue weighted by Crippen LogP contribution is 2.26. The number of halogens is 2. The van der Waals surface area contributed by atoms with Gasteiger partial charge in [0.05, 0.1) is 18.5 Å². The molecular weight excluding hydrogens is 278 g/mol. The average molecular weight is 292 g/mol. The number of rotatable bonds is 5. The maximum absolute atomic E-state index is 13.4. The molecule has 0 aliphatic heterocycles. The van der Waals surface area contributed by atoms with E-state index in [4.69, 9.17) is 4.74 Å². The van der Waals surface area contributed by atoms with Crippen LogP contribution in [-0.2, 0) is 0 Å². The van der Waals surface area contributed by atoms with Gasteiger partial charge in [0.2, 0.25) is 0 Å². The molecule has 4 nitrogen and oxygen atoms in total. The van der Waals surface area contributed by atoms with E-state index in [1.54, 1.807) is 19.1 Å². The number of nitrogens with zero attached hydrogens (tertiary/aromatic N) is 1. The fraction of sp³-hybridized carbons (Fsp3) is 0.133. The van der Waals surface area contributed by atoms with Crippen molar-refractivity contribution in [2.24, 2.45) is 5.10 Å². The lowest BCUT2D eigenvalue weighted by atomic mass is 10.2. The Balaban J connectivity index is 2.09. The number of benzene rings is 2. The Morgan fingerprint density at radius 2 is 2.05 bits per heavy atom. The van der Waals surface area contributed by atoms with Gasteiger partial charge in [0.1, 0.15) is 5.82 Å². The van der Waals surface area contributed by atoms with Crippen LogP contribution in [0.15, 0.2) is 41.5 Å². The lowest BCUT2D eigenvalue weighted by Gasteiger charge is -2.06. The van der Waals surface area contributed by atoms with Gasteiger partial charge in [-0.2, -0.15) is 5.10 Å². The molecule has 0 bridgehead atoms. The molecule has 0 heterocycles. The number of hydrogen-bond donors (Lipinski definition) is 2. The van der Waals surface area contributed by atoms with E-state index in [0.717, 1.165) is 12.1 Å². The quantitative estimate of drug-likeness (QED) is 0.655. The van der Waals surface area contributed by atoms with Gasteiger partial charge < -0.3 is 9.84 Å². The van der Waals surface area contributed by atoms with E-state index in [9.17, 15) is 13.9 Å². The standard InChI is InChI=1S/C15H14F2N2O2/c1-2-21-15-7-10(3-6-14(15)20)9-18-19-13-5-4-11(16)8-12(13)17/h3-9,19-20H,2H2,1H3/b18-9+. The first-order valence-electron chi connectivity index (χ1n) is 6.30. The molecule has 0 radical (unpaired) electrons. The van der Waals surface area contributed by atoms with Crippen molar-refractivity contribution in [3.63, 3.8) is 0 Å². The Labute approximate surface area is 120 Å². The minimum Gasteiger partial charge on any atom is -0.504 e. The molecule has 0 fully saturated rings. The molecule has 0 spiro atoms. The lowest BCUT2D eigenvalue weighted by Crippen LogP contribution is -1.96. The predicted octanol–water partition coefficient (Wildman–Crippen LogP) is 3.52. The fourth-order valence-electron chi connectivity index (χ4n) is 1.64. The van der Waals surface area contributed by atoms with Crippen LogP contribution < -0.4 is 10.2 Å². The minimum absolute atomic E-state index is 0.0338. The molecular formula is C15H14F2N2O2. The van der Waals surface area contributed by atoms with E-state index in [1.807, 2.05) is 0 Å². The minimum atomic E-state index is -0.729. The van der Waals surface area contributed by atoms with Crippen molar-refractivity contribution in [3.8, 4) is 11.5 Å². The number of hydrazone groups is 1. The van der Waals surface area contributed by atoms with Gasteiger partial charge in [0, 0.05) is 6.07 Å². The summed E-state index contributed by atoms with van der Waals surface area (Å²) in [6, 6.07) is 7.87. The van der Waals surface area contributed by atoms with Crippen molar-refractivity contribution >= 4 is 11.9 Å². The van der Waals surface area contributed by atoms with Gasteiger partial charge >= 0.3 is 0 Å². The van der Waals surface area contributed by atoms with Crippen LogP contribution in [0.2, 0.25) is 0 Å². The Kier molecular flexibility index (Phi) is 4.71. The average Bonchev–Trinajstić information content (AvgIpc) is 2.45. The summed E-state index contributed by atoms with van der Waals surface area (Å²) in [6.07, 6.45) is 1.44. The number of phenols is 1. The summed E-state index contributed by atoms with van der Waals surface area (Å²) >= 11 is 0. The molecule has 0 aliphatic rings. The van der Waals surface area contributed by atoms with Crippen molar-refractivity contribution in [2.75, 3.05) is 12.0 Å². The molecule has 0 amide bonds. The van der Waals surface area contributed by atoms with Crippen LogP contribution in [-0.4, -0.2) is 17.9 Å². The second-order valence-corrected chi connectivity index (χ2v) is 4.15. The summed E-state index contributed by atoms with van der Waals surface area (Å²) in [5, 5.41) is 13.4. The van der Waals surface area contributed by atoms with Gasteiger partial charge in [0.25, 0.3) is 0 Å². The highest BCUT2D eigenvalue weighted by molar-refractivity contribution is 5.81. The smallest absolute Gasteiger partial charge is 0.161 e. The zero-order valence-electron chi connectivity index (χ0n) is 11.3. The van der Waals surface area contributed by atoms with Crippen molar-refractivity contribution in [1.29, 1.82) is 0 Å². The van der Waals surface area contributed by atoms with E-state index in [1.165, 1.54) is 18.3 Å². The topological polar surface area (TPSA) is 53.8 Å². The first-order valence-corrected chi connectivity index (χ1v) is 6.30.